The highest BCUT2D eigenvalue weighted by Gasteiger charge is 2.46. The molecule has 1 saturated heterocycles. The van der Waals surface area contributed by atoms with Gasteiger partial charge in [0.1, 0.15) is 11.8 Å². The SMILES string of the molecule is COc1ccc(N2C(=O)CC(N(CCc3ccccc3)S(=O)(=O)c3ccc(NC(C)=O)cc3)C2=O)cc1. The smallest absolute Gasteiger partial charge is 0.252 e. The van der Waals surface area contributed by atoms with Gasteiger partial charge in [0.25, 0.3) is 5.91 Å². The largest absolute Gasteiger partial charge is 0.497 e. The third-order valence-corrected chi connectivity index (χ3v) is 7.97. The Morgan fingerprint density at radius 3 is 2.24 bits per heavy atom. The van der Waals surface area contributed by atoms with E-state index in [9.17, 15) is 22.8 Å². The van der Waals surface area contributed by atoms with Crippen LogP contribution in [0, 0.1) is 0 Å². The molecule has 3 amide bonds. The van der Waals surface area contributed by atoms with Crippen molar-refractivity contribution >= 4 is 39.1 Å². The van der Waals surface area contributed by atoms with Crippen LogP contribution in [0.25, 0.3) is 0 Å². The topological polar surface area (TPSA) is 113 Å². The van der Waals surface area contributed by atoms with Gasteiger partial charge in [0.15, 0.2) is 0 Å². The molecule has 1 heterocycles. The third kappa shape index (κ3) is 5.71. The predicted molar refractivity (Wildman–Crippen MR) is 139 cm³/mol. The summed E-state index contributed by atoms with van der Waals surface area (Å²) in [6.45, 7) is 1.35. The van der Waals surface area contributed by atoms with E-state index >= 15 is 0 Å². The number of anilines is 2. The summed E-state index contributed by atoms with van der Waals surface area (Å²) in [7, 11) is -2.66. The number of hydrogen-bond acceptors (Lipinski definition) is 6. The molecule has 1 unspecified atom stereocenters. The highest BCUT2D eigenvalue weighted by atomic mass is 32.2. The Labute approximate surface area is 215 Å². The molecule has 4 rings (SSSR count). The van der Waals surface area contributed by atoms with Crippen LogP contribution in [-0.4, -0.2) is 50.1 Å². The van der Waals surface area contributed by atoms with Crippen molar-refractivity contribution in [2.24, 2.45) is 0 Å². The van der Waals surface area contributed by atoms with Gasteiger partial charge in [-0.3, -0.25) is 14.4 Å². The molecule has 1 N–H and O–H groups in total. The van der Waals surface area contributed by atoms with Crippen LogP contribution in [0.3, 0.4) is 0 Å². The number of sulfonamides is 1. The minimum atomic E-state index is -4.17. The Balaban J connectivity index is 1.67. The fourth-order valence-electron chi connectivity index (χ4n) is 4.22. The molecule has 0 saturated carbocycles. The first-order valence-electron chi connectivity index (χ1n) is 11.6. The van der Waals surface area contributed by atoms with Crippen LogP contribution in [0.4, 0.5) is 11.4 Å². The zero-order valence-corrected chi connectivity index (χ0v) is 21.3. The Hall–Kier alpha value is -4.02. The molecule has 0 aliphatic carbocycles. The summed E-state index contributed by atoms with van der Waals surface area (Å²) < 4.78 is 33.8. The maximum atomic E-state index is 13.8. The number of carbonyl (C=O) groups excluding carboxylic acids is 3. The van der Waals surface area contributed by atoms with E-state index in [0.29, 0.717) is 23.5 Å². The predicted octanol–water partition coefficient (Wildman–Crippen LogP) is 3.22. The number of benzene rings is 3. The lowest BCUT2D eigenvalue weighted by Crippen LogP contribution is -2.46. The van der Waals surface area contributed by atoms with Crippen molar-refractivity contribution < 1.29 is 27.5 Å². The Kier molecular flexibility index (Phi) is 7.70. The monoisotopic (exact) mass is 521 g/mol. The molecule has 0 spiro atoms. The van der Waals surface area contributed by atoms with Gasteiger partial charge in [-0.05, 0) is 60.5 Å². The summed E-state index contributed by atoms with van der Waals surface area (Å²) in [6, 6.07) is 20.3. The second kappa shape index (κ2) is 10.9. The summed E-state index contributed by atoms with van der Waals surface area (Å²) in [5.74, 6) is -0.814. The number of hydrogen-bond donors (Lipinski definition) is 1. The number of amides is 3. The molecule has 37 heavy (non-hydrogen) atoms. The lowest BCUT2D eigenvalue weighted by atomic mass is 10.1. The number of ether oxygens (including phenoxy) is 1. The summed E-state index contributed by atoms with van der Waals surface area (Å²) in [5, 5.41) is 2.60. The van der Waals surface area contributed by atoms with E-state index in [2.05, 4.69) is 5.32 Å². The van der Waals surface area contributed by atoms with Gasteiger partial charge in [-0.1, -0.05) is 30.3 Å². The van der Waals surface area contributed by atoms with E-state index in [0.717, 1.165) is 14.8 Å². The molecule has 1 aliphatic rings. The van der Waals surface area contributed by atoms with Crippen molar-refractivity contribution in [3.8, 4) is 5.75 Å². The van der Waals surface area contributed by atoms with Gasteiger partial charge >= 0.3 is 0 Å². The molecule has 1 atom stereocenters. The molecule has 0 radical (unpaired) electrons. The van der Waals surface area contributed by atoms with E-state index in [4.69, 9.17) is 4.74 Å². The van der Waals surface area contributed by atoms with Gasteiger partial charge in [0, 0.05) is 19.2 Å². The van der Waals surface area contributed by atoms with Crippen molar-refractivity contribution in [1.82, 2.24) is 4.31 Å². The molecular formula is C27H27N3O6S. The lowest BCUT2D eigenvalue weighted by molar-refractivity contribution is -0.122. The van der Waals surface area contributed by atoms with Crippen LogP contribution in [-0.2, 0) is 30.8 Å². The Morgan fingerprint density at radius 1 is 1.00 bits per heavy atom. The highest BCUT2D eigenvalue weighted by Crippen LogP contribution is 2.31. The highest BCUT2D eigenvalue weighted by molar-refractivity contribution is 7.89. The third-order valence-electron chi connectivity index (χ3n) is 6.05. The van der Waals surface area contributed by atoms with Crippen LogP contribution in [0.15, 0.2) is 83.8 Å². The van der Waals surface area contributed by atoms with Gasteiger partial charge in [-0.15, -0.1) is 0 Å². The van der Waals surface area contributed by atoms with Gasteiger partial charge in [0.2, 0.25) is 21.8 Å². The molecule has 9 nitrogen and oxygen atoms in total. The Morgan fingerprint density at radius 2 is 1.65 bits per heavy atom. The standard InChI is InChI=1S/C27H27N3O6S/c1-19(31)28-21-8-14-24(15-9-21)37(34,35)29(17-16-20-6-4-3-5-7-20)25-18-26(32)30(27(25)33)22-10-12-23(36-2)13-11-22/h3-15,25H,16-18H2,1-2H3,(H,28,31). The van der Waals surface area contributed by atoms with Crippen molar-refractivity contribution in [1.29, 1.82) is 0 Å². The van der Waals surface area contributed by atoms with Crippen molar-refractivity contribution in [3.05, 3.63) is 84.4 Å². The number of nitrogens with one attached hydrogen (secondary N) is 1. The van der Waals surface area contributed by atoms with Gasteiger partial charge in [-0.2, -0.15) is 4.31 Å². The summed E-state index contributed by atoms with van der Waals surface area (Å²) >= 11 is 0. The zero-order valence-electron chi connectivity index (χ0n) is 20.5. The van der Waals surface area contributed by atoms with Gasteiger partial charge in [-0.25, -0.2) is 13.3 Å². The molecule has 1 aliphatic heterocycles. The minimum Gasteiger partial charge on any atom is -0.497 e. The number of carbonyl (C=O) groups is 3. The van der Waals surface area contributed by atoms with Crippen LogP contribution in [0.1, 0.15) is 18.9 Å². The van der Waals surface area contributed by atoms with Gasteiger partial charge < -0.3 is 10.1 Å². The quantitative estimate of drug-likeness (QED) is 0.433. The molecule has 0 bridgehead atoms. The van der Waals surface area contributed by atoms with Crippen molar-refractivity contribution in [2.45, 2.75) is 30.7 Å². The first-order valence-corrected chi connectivity index (χ1v) is 13.1. The van der Waals surface area contributed by atoms with Crippen LogP contribution >= 0.6 is 0 Å². The second-order valence-electron chi connectivity index (χ2n) is 8.54. The number of imide groups is 1. The molecule has 0 aromatic heterocycles. The first kappa shape index (κ1) is 26.1. The summed E-state index contributed by atoms with van der Waals surface area (Å²) in [6.07, 6.45) is 0.0768. The fourth-order valence-corrected chi connectivity index (χ4v) is 5.80. The number of nitrogens with zero attached hydrogens (tertiary/aromatic N) is 2. The van der Waals surface area contributed by atoms with E-state index in [-0.39, 0.29) is 23.8 Å². The first-order chi connectivity index (χ1) is 17.7. The van der Waals surface area contributed by atoms with E-state index in [1.807, 2.05) is 30.3 Å². The molecular weight excluding hydrogens is 494 g/mol. The number of rotatable bonds is 9. The second-order valence-corrected chi connectivity index (χ2v) is 10.4. The fraction of sp³-hybridized carbons (Fsp3) is 0.222. The van der Waals surface area contributed by atoms with Crippen LogP contribution < -0.4 is 15.0 Å². The van der Waals surface area contributed by atoms with Crippen molar-refractivity contribution in [3.63, 3.8) is 0 Å². The van der Waals surface area contributed by atoms with Crippen molar-refractivity contribution in [2.75, 3.05) is 23.9 Å². The van der Waals surface area contributed by atoms with Gasteiger partial charge in [0.05, 0.1) is 24.1 Å². The summed E-state index contributed by atoms with van der Waals surface area (Å²) in [4.78, 5) is 38.8. The average Bonchev–Trinajstić information content (AvgIpc) is 3.18. The molecule has 3 aromatic rings. The molecule has 1 fully saturated rings. The lowest BCUT2D eigenvalue weighted by Gasteiger charge is -2.27. The maximum Gasteiger partial charge on any atom is 0.252 e. The zero-order chi connectivity index (χ0) is 26.6. The summed E-state index contributed by atoms with van der Waals surface area (Å²) in [5.41, 5.74) is 1.69. The normalized spacial score (nSPS) is 15.8. The van der Waals surface area contributed by atoms with E-state index in [1.165, 1.54) is 38.3 Å². The molecule has 3 aromatic carbocycles. The minimum absolute atomic E-state index is 0.0000662. The average molecular weight is 522 g/mol. The van der Waals surface area contributed by atoms with E-state index in [1.54, 1.807) is 24.3 Å². The molecule has 192 valence electrons. The van der Waals surface area contributed by atoms with E-state index < -0.39 is 27.9 Å². The van der Waals surface area contributed by atoms with Crippen LogP contribution in [0.2, 0.25) is 0 Å². The Bertz CT molecular complexity index is 1390. The maximum absolute atomic E-state index is 13.8. The number of methoxy groups -OCH3 is 1. The molecule has 10 heteroatoms. The van der Waals surface area contributed by atoms with Crippen LogP contribution in [0.5, 0.6) is 5.75 Å².